The molecule has 0 radical (unpaired) electrons. The van der Waals surface area contributed by atoms with E-state index >= 15 is 0 Å². The Morgan fingerprint density at radius 2 is 2.14 bits per heavy atom. The van der Waals surface area contributed by atoms with Crippen molar-refractivity contribution in [2.45, 2.75) is 13.0 Å². The predicted molar refractivity (Wildman–Crippen MR) is 61.0 cm³/mol. The molecule has 2 nitrogen and oxygen atoms in total. The van der Waals surface area contributed by atoms with Crippen molar-refractivity contribution in [3.63, 3.8) is 0 Å². The highest BCUT2D eigenvalue weighted by Crippen LogP contribution is 2.24. The van der Waals surface area contributed by atoms with Gasteiger partial charge in [0.1, 0.15) is 5.75 Å². The molecule has 0 bridgehead atoms. The number of hydrogen-bond acceptors (Lipinski definition) is 3. The van der Waals surface area contributed by atoms with E-state index in [0.29, 0.717) is 6.61 Å². The van der Waals surface area contributed by atoms with E-state index in [1.165, 1.54) is 0 Å². The first-order valence-electron chi connectivity index (χ1n) is 4.64. The molecule has 0 aliphatic heterocycles. The summed E-state index contributed by atoms with van der Waals surface area (Å²) < 4.78 is 5.56. The monoisotopic (exact) mass is 212 g/mol. The van der Waals surface area contributed by atoms with Crippen LogP contribution >= 0.6 is 11.8 Å². The standard InChI is InChI=1S/C11H16O2S/c1-9(12)10-5-3-4-6-11(10)13-7-8-14-2/h3-6,9,12H,7-8H2,1-2H3/t9-/m0/s1. The maximum absolute atomic E-state index is 9.48. The minimum absolute atomic E-state index is 0.472. The smallest absolute Gasteiger partial charge is 0.125 e. The minimum Gasteiger partial charge on any atom is -0.492 e. The Balaban J connectivity index is 2.64. The lowest BCUT2D eigenvalue weighted by Gasteiger charge is -2.12. The molecule has 78 valence electrons. The van der Waals surface area contributed by atoms with Crippen LogP contribution in [0.25, 0.3) is 0 Å². The predicted octanol–water partition coefficient (Wildman–Crippen LogP) is 2.48. The van der Waals surface area contributed by atoms with Crippen molar-refractivity contribution in [3.8, 4) is 5.75 Å². The molecular formula is C11H16O2S. The highest BCUT2D eigenvalue weighted by Gasteiger charge is 2.07. The molecule has 1 aromatic carbocycles. The van der Waals surface area contributed by atoms with Crippen molar-refractivity contribution < 1.29 is 9.84 Å². The fraction of sp³-hybridized carbons (Fsp3) is 0.455. The first kappa shape index (κ1) is 11.4. The van der Waals surface area contributed by atoms with E-state index in [4.69, 9.17) is 4.74 Å². The molecule has 14 heavy (non-hydrogen) atoms. The Bertz CT molecular complexity index is 274. The lowest BCUT2D eigenvalue weighted by Crippen LogP contribution is -2.03. The summed E-state index contributed by atoms with van der Waals surface area (Å²) in [5.41, 5.74) is 0.855. The van der Waals surface area contributed by atoms with Crippen molar-refractivity contribution in [1.29, 1.82) is 0 Å². The van der Waals surface area contributed by atoms with Gasteiger partial charge in [-0.05, 0) is 19.2 Å². The Morgan fingerprint density at radius 3 is 2.79 bits per heavy atom. The molecule has 0 saturated heterocycles. The quantitative estimate of drug-likeness (QED) is 0.760. The van der Waals surface area contributed by atoms with Gasteiger partial charge in [0.2, 0.25) is 0 Å². The second kappa shape index (κ2) is 5.94. The first-order chi connectivity index (χ1) is 6.75. The fourth-order valence-corrected chi connectivity index (χ4v) is 1.44. The summed E-state index contributed by atoms with van der Waals surface area (Å²) in [6, 6.07) is 7.60. The van der Waals surface area contributed by atoms with Gasteiger partial charge in [-0.15, -0.1) is 0 Å². The van der Waals surface area contributed by atoms with Gasteiger partial charge in [-0.3, -0.25) is 0 Å². The van der Waals surface area contributed by atoms with Crippen LogP contribution in [0.15, 0.2) is 24.3 Å². The van der Waals surface area contributed by atoms with Crippen molar-refractivity contribution in [2.24, 2.45) is 0 Å². The van der Waals surface area contributed by atoms with Crippen LogP contribution in [0.1, 0.15) is 18.6 Å². The number of aliphatic hydroxyl groups excluding tert-OH is 1. The molecule has 1 N–H and O–H groups in total. The third kappa shape index (κ3) is 3.24. The number of ether oxygens (including phenoxy) is 1. The molecule has 1 aromatic rings. The van der Waals surface area contributed by atoms with Gasteiger partial charge in [-0.2, -0.15) is 11.8 Å². The molecule has 0 spiro atoms. The van der Waals surface area contributed by atoms with E-state index < -0.39 is 6.10 Å². The van der Waals surface area contributed by atoms with Crippen molar-refractivity contribution in [2.75, 3.05) is 18.6 Å². The molecular weight excluding hydrogens is 196 g/mol. The van der Waals surface area contributed by atoms with Crippen LogP contribution in [0.3, 0.4) is 0 Å². The Morgan fingerprint density at radius 1 is 1.43 bits per heavy atom. The average Bonchev–Trinajstić information content (AvgIpc) is 2.19. The van der Waals surface area contributed by atoms with E-state index in [9.17, 15) is 5.11 Å². The topological polar surface area (TPSA) is 29.5 Å². The van der Waals surface area contributed by atoms with Crippen LogP contribution in [0.2, 0.25) is 0 Å². The molecule has 0 aliphatic rings. The normalized spacial score (nSPS) is 12.5. The molecule has 0 amide bonds. The zero-order valence-electron chi connectivity index (χ0n) is 8.56. The van der Waals surface area contributed by atoms with Crippen molar-refractivity contribution >= 4 is 11.8 Å². The lowest BCUT2D eigenvalue weighted by atomic mass is 10.1. The number of para-hydroxylation sites is 1. The second-order valence-electron chi connectivity index (χ2n) is 3.06. The largest absolute Gasteiger partial charge is 0.492 e. The average molecular weight is 212 g/mol. The number of benzene rings is 1. The van der Waals surface area contributed by atoms with Crippen LogP contribution in [-0.2, 0) is 0 Å². The fourth-order valence-electron chi connectivity index (χ4n) is 1.19. The number of rotatable bonds is 5. The van der Waals surface area contributed by atoms with Crippen molar-refractivity contribution in [1.82, 2.24) is 0 Å². The number of hydrogen-bond donors (Lipinski definition) is 1. The first-order valence-corrected chi connectivity index (χ1v) is 6.04. The van der Waals surface area contributed by atoms with E-state index in [-0.39, 0.29) is 0 Å². The molecule has 0 unspecified atom stereocenters. The SMILES string of the molecule is CSCCOc1ccccc1[C@H](C)O. The van der Waals surface area contributed by atoms with Crippen LogP contribution in [0.5, 0.6) is 5.75 Å². The molecule has 3 heteroatoms. The second-order valence-corrected chi connectivity index (χ2v) is 4.04. The summed E-state index contributed by atoms with van der Waals surface area (Å²) >= 11 is 1.75. The summed E-state index contributed by atoms with van der Waals surface area (Å²) in [6.07, 6.45) is 1.57. The number of aliphatic hydroxyl groups is 1. The summed E-state index contributed by atoms with van der Waals surface area (Å²) in [6.45, 7) is 2.43. The van der Waals surface area contributed by atoms with Crippen LogP contribution in [-0.4, -0.2) is 23.7 Å². The third-order valence-electron chi connectivity index (χ3n) is 1.91. The Hall–Kier alpha value is -0.670. The maximum Gasteiger partial charge on any atom is 0.125 e. The van der Waals surface area contributed by atoms with E-state index in [0.717, 1.165) is 17.1 Å². The van der Waals surface area contributed by atoms with Crippen molar-refractivity contribution in [3.05, 3.63) is 29.8 Å². The lowest BCUT2D eigenvalue weighted by molar-refractivity contribution is 0.192. The summed E-state index contributed by atoms with van der Waals surface area (Å²) in [4.78, 5) is 0. The van der Waals surface area contributed by atoms with Gasteiger partial charge in [0.15, 0.2) is 0 Å². The highest BCUT2D eigenvalue weighted by molar-refractivity contribution is 7.98. The zero-order valence-corrected chi connectivity index (χ0v) is 9.38. The van der Waals surface area contributed by atoms with Gasteiger partial charge >= 0.3 is 0 Å². The van der Waals surface area contributed by atoms with Gasteiger partial charge in [0, 0.05) is 11.3 Å². The molecule has 0 saturated carbocycles. The zero-order chi connectivity index (χ0) is 10.4. The van der Waals surface area contributed by atoms with Crippen LogP contribution in [0.4, 0.5) is 0 Å². The Labute approximate surface area is 89.3 Å². The highest BCUT2D eigenvalue weighted by atomic mass is 32.2. The molecule has 0 aromatic heterocycles. The summed E-state index contributed by atoms with van der Waals surface area (Å²) in [7, 11) is 0. The minimum atomic E-state index is -0.472. The van der Waals surface area contributed by atoms with Crippen LogP contribution < -0.4 is 4.74 Å². The van der Waals surface area contributed by atoms with Gasteiger partial charge in [-0.1, -0.05) is 18.2 Å². The summed E-state index contributed by atoms with van der Waals surface area (Å²) in [5, 5.41) is 9.48. The molecule has 1 rings (SSSR count). The van der Waals surface area contributed by atoms with Gasteiger partial charge in [0.05, 0.1) is 12.7 Å². The van der Waals surface area contributed by atoms with Gasteiger partial charge in [0.25, 0.3) is 0 Å². The molecule has 0 heterocycles. The summed E-state index contributed by atoms with van der Waals surface area (Å²) in [5.74, 6) is 1.75. The third-order valence-corrected chi connectivity index (χ3v) is 2.49. The Kier molecular flexibility index (Phi) is 4.84. The van der Waals surface area contributed by atoms with Gasteiger partial charge in [-0.25, -0.2) is 0 Å². The van der Waals surface area contributed by atoms with E-state index in [1.54, 1.807) is 18.7 Å². The molecule has 0 aliphatic carbocycles. The molecule has 0 fully saturated rings. The van der Waals surface area contributed by atoms with Crippen LogP contribution in [0, 0.1) is 0 Å². The maximum atomic E-state index is 9.48. The van der Waals surface area contributed by atoms with E-state index in [1.807, 2.05) is 30.5 Å². The number of thioether (sulfide) groups is 1. The van der Waals surface area contributed by atoms with Gasteiger partial charge < -0.3 is 9.84 Å². The van der Waals surface area contributed by atoms with E-state index in [2.05, 4.69) is 0 Å². The molecule has 1 atom stereocenters.